The molecular weight excluding hydrogens is 228 g/mol. The van der Waals surface area contributed by atoms with E-state index >= 15 is 0 Å². The van der Waals surface area contributed by atoms with Crippen LogP contribution in [0.25, 0.3) is 0 Å². The molecule has 0 bridgehead atoms. The maximum Gasteiger partial charge on any atom is 0.227 e. The molecule has 0 saturated heterocycles. The van der Waals surface area contributed by atoms with Crippen LogP contribution in [-0.4, -0.2) is 29.5 Å². The fourth-order valence-corrected chi connectivity index (χ4v) is 1.89. The molecule has 18 heavy (non-hydrogen) atoms. The van der Waals surface area contributed by atoms with E-state index in [2.05, 4.69) is 0 Å². The highest BCUT2D eigenvalue weighted by molar-refractivity contribution is 5.79. The number of phenols is 1. The lowest BCUT2D eigenvalue weighted by molar-refractivity contribution is -0.135. The summed E-state index contributed by atoms with van der Waals surface area (Å²) in [6.07, 6.45) is 0. The standard InChI is InChI=1S/C14H22N2O2/c1-10(2)13(8-15)14(18)16(3)9-11-4-6-12(17)7-5-11/h4-7,10,13,17H,8-9,15H2,1-3H3. The molecule has 1 unspecified atom stereocenters. The second-order valence-electron chi connectivity index (χ2n) is 4.95. The first kappa shape index (κ1) is 14.5. The lowest BCUT2D eigenvalue weighted by atomic mass is 9.94. The van der Waals surface area contributed by atoms with Gasteiger partial charge in [-0.1, -0.05) is 26.0 Å². The Labute approximate surface area is 108 Å². The zero-order chi connectivity index (χ0) is 13.7. The van der Waals surface area contributed by atoms with E-state index in [9.17, 15) is 9.90 Å². The Bertz CT molecular complexity index is 387. The molecule has 3 N–H and O–H groups in total. The molecule has 4 nitrogen and oxygen atoms in total. The van der Waals surface area contributed by atoms with Crippen molar-refractivity contribution in [2.45, 2.75) is 20.4 Å². The third kappa shape index (κ3) is 3.74. The van der Waals surface area contributed by atoms with E-state index < -0.39 is 0 Å². The van der Waals surface area contributed by atoms with Crippen molar-refractivity contribution < 1.29 is 9.90 Å². The zero-order valence-corrected chi connectivity index (χ0v) is 11.3. The van der Waals surface area contributed by atoms with Crippen LogP contribution in [0, 0.1) is 11.8 Å². The number of nitrogens with zero attached hydrogens (tertiary/aromatic N) is 1. The summed E-state index contributed by atoms with van der Waals surface area (Å²) < 4.78 is 0. The number of amides is 1. The lowest BCUT2D eigenvalue weighted by Crippen LogP contribution is -2.38. The van der Waals surface area contributed by atoms with Crippen LogP contribution in [0.2, 0.25) is 0 Å². The first-order chi connectivity index (χ1) is 8.45. The minimum absolute atomic E-state index is 0.0700. The number of phenolic OH excluding ortho intramolecular Hbond substituents is 1. The Morgan fingerprint density at radius 2 is 1.89 bits per heavy atom. The number of benzene rings is 1. The fourth-order valence-electron chi connectivity index (χ4n) is 1.89. The third-order valence-corrected chi connectivity index (χ3v) is 3.11. The maximum absolute atomic E-state index is 12.2. The molecule has 0 aromatic heterocycles. The number of aromatic hydroxyl groups is 1. The molecule has 1 aromatic rings. The molecule has 1 amide bonds. The third-order valence-electron chi connectivity index (χ3n) is 3.11. The average Bonchev–Trinajstić information content (AvgIpc) is 2.32. The van der Waals surface area contributed by atoms with E-state index in [0.29, 0.717) is 13.1 Å². The van der Waals surface area contributed by atoms with Crippen molar-refractivity contribution in [1.82, 2.24) is 4.90 Å². The van der Waals surface area contributed by atoms with E-state index in [4.69, 9.17) is 5.73 Å². The molecule has 0 spiro atoms. The molecule has 0 aliphatic carbocycles. The quantitative estimate of drug-likeness (QED) is 0.833. The van der Waals surface area contributed by atoms with Gasteiger partial charge in [0.05, 0.1) is 5.92 Å². The van der Waals surface area contributed by atoms with Crippen molar-refractivity contribution in [2.24, 2.45) is 17.6 Å². The second-order valence-corrected chi connectivity index (χ2v) is 4.95. The van der Waals surface area contributed by atoms with E-state index in [1.165, 1.54) is 0 Å². The molecule has 0 fully saturated rings. The van der Waals surface area contributed by atoms with Crippen molar-refractivity contribution in [1.29, 1.82) is 0 Å². The van der Waals surface area contributed by atoms with Gasteiger partial charge in [0, 0.05) is 20.1 Å². The summed E-state index contributed by atoms with van der Waals surface area (Å²) in [6.45, 7) is 4.91. The number of nitrogens with two attached hydrogens (primary N) is 1. The number of carbonyl (C=O) groups is 1. The Hall–Kier alpha value is -1.55. The molecule has 1 rings (SSSR count). The molecule has 0 radical (unpaired) electrons. The molecule has 100 valence electrons. The lowest BCUT2D eigenvalue weighted by Gasteiger charge is -2.25. The van der Waals surface area contributed by atoms with Crippen LogP contribution in [0.4, 0.5) is 0 Å². The van der Waals surface area contributed by atoms with Gasteiger partial charge in [-0.05, 0) is 23.6 Å². The largest absolute Gasteiger partial charge is 0.508 e. The topological polar surface area (TPSA) is 66.6 Å². The molecule has 1 atom stereocenters. The summed E-state index contributed by atoms with van der Waals surface area (Å²) in [4.78, 5) is 13.9. The summed E-state index contributed by atoms with van der Waals surface area (Å²) in [5, 5.41) is 9.20. The molecule has 1 aromatic carbocycles. The zero-order valence-electron chi connectivity index (χ0n) is 11.3. The first-order valence-corrected chi connectivity index (χ1v) is 6.18. The Morgan fingerprint density at radius 1 is 1.33 bits per heavy atom. The molecule has 4 heteroatoms. The van der Waals surface area contributed by atoms with E-state index in [1.54, 1.807) is 24.1 Å². The van der Waals surface area contributed by atoms with Crippen LogP contribution in [0.1, 0.15) is 19.4 Å². The second kappa shape index (κ2) is 6.40. The van der Waals surface area contributed by atoms with Crippen molar-refractivity contribution in [3.63, 3.8) is 0 Å². The van der Waals surface area contributed by atoms with E-state index in [0.717, 1.165) is 5.56 Å². The Kier molecular flexibility index (Phi) is 5.16. The van der Waals surface area contributed by atoms with Crippen LogP contribution in [0.3, 0.4) is 0 Å². The molecule has 0 aliphatic heterocycles. The average molecular weight is 250 g/mol. The minimum atomic E-state index is -0.132. The smallest absolute Gasteiger partial charge is 0.227 e. The van der Waals surface area contributed by atoms with Crippen LogP contribution in [-0.2, 0) is 11.3 Å². The maximum atomic E-state index is 12.2. The van der Waals surface area contributed by atoms with Crippen molar-refractivity contribution in [3.05, 3.63) is 29.8 Å². The van der Waals surface area contributed by atoms with Crippen molar-refractivity contribution >= 4 is 5.91 Å². The van der Waals surface area contributed by atoms with Crippen molar-refractivity contribution in [2.75, 3.05) is 13.6 Å². The summed E-state index contributed by atoms with van der Waals surface area (Å²) in [5.41, 5.74) is 6.63. The summed E-state index contributed by atoms with van der Waals surface area (Å²) in [6, 6.07) is 6.87. The van der Waals surface area contributed by atoms with Crippen LogP contribution in [0.15, 0.2) is 24.3 Å². The van der Waals surface area contributed by atoms with Gasteiger partial charge >= 0.3 is 0 Å². The highest BCUT2D eigenvalue weighted by Gasteiger charge is 2.23. The monoisotopic (exact) mass is 250 g/mol. The normalized spacial score (nSPS) is 12.5. The predicted molar refractivity (Wildman–Crippen MR) is 72.0 cm³/mol. The molecule has 0 aliphatic rings. The first-order valence-electron chi connectivity index (χ1n) is 6.18. The Morgan fingerprint density at radius 3 is 2.33 bits per heavy atom. The molecule has 0 heterocycles. The minimum Gasteiger partial charge on any atom is -0.508 e. The van der Waals surface area contributed by atoms with Gasteiger partial charge in [0.25, 0.3) is 0 Å². The van der Waals surface area contributed by atoms with Crippen LogP contribution < -0.4 is 5.73 Å². The predicted octanol–water partition coefficient (Wildman–Crippen LogP) is 1.58. The van der Waals surface area contributed by atoms with Crippen LogP contribution in [0.5, 0.6) is 5.75 Å². The van der Waals surface area contributed by atoms with Crippen molar-refractivity contribution in [3.8, 4) is 5.75 Å². The summed E-state index contributed by atoms with van der Waals surface area (Å²) in [5.74, 6) is 0.409. The van der Waals surface area contributed by atoms with Gasteiger partial charge < -0.3 is 15.7 Å². The van der Waals surface area contributed by atoms with Gasteiger partial charge in [-0.2, -0.15) is 0 Å². The number of hydrogen-bond acceptors (Lipinski definition) is 3. The van der Waals surface area contributed by atoms with E-state index in [1.807, 2.05) is 26.0 Å². The van der Waals surface area contributed by atoms with Gasteiger partial charge in [0.1, 0.15) is 5.75 Å². The SMILES string of the molecule is CC(C)C(CN)C(=O)N(C)Cc1ccc(O)cc1. The van der Waals surface area contributed by atoms with Gasteiger partial charge in [0.15, 0.2) is 0 Å². The summed E-state index contributed by atoms with van der Waals surface area (Å²) >= 11 is 0. The molecule has 0 saturated carbocycles. The van der Waals surface area contributed by atoms with Crippen LogP contribution >= 0.6 is 0 Å². The number of hydrogen-bond donors (Lipinski definition) is 2. The van der Waals surface area contributed by atoms with Gasteiger partial charge in [-0.15, -0.1) is 0 Å². The van der Waals surface area contributed by atoms with Gasteiger partial charge in [-0.3, -0.25) is 4.79 Å². The molecular formula is C14H22N2O2. The van der Waals surface area contributed by atoms with Gasteiger partial charge in [-0.25, -0.2) is 0 Å². The van der Waals surface area contributed by atoms with E-state index in [-0.39, 0.29) is 23.5 Å². The Balaban J connectivity index is 2.67. The number of carbonyl (C=O) groups excluding carboxylic acids is 1. The highest BCUT2D eigenvalue weighted by Crippen LogP contribution is 2.15. The number of rotatable bonds is 5. The fraction of sp³-hybridized carbons (Fsp3) is 0.500. The summed E-state index contributed by atoms with van der Waals surface area (Å²) in [7, 11) is 1.78. The van der Waals surface area contributed by atoms with Gasteiger partial charge in [0.2, 0.25) is 5.91 Å². The highest BCUT2D eigenvalue weighted by atomic mass is 16.3.